The van der Waals surface area contributed by atoms with E-state index in [9.17, 15) is 9.36 Å². The molecule has 4 rings (SSSR count). The Balaban J connectivity index is 1.66. The molecule has 0 radical (unpaired) electrons. The molecule has 4 aliphatic rings. The van der Waals surface area contributed by atoms with Crippen LogP contribution in [0.1, 0.15) is 38.5 Å². The monoisotopic (exact) mass is 301 g/mol. The number of hydrogen-bond acceptors (Lipinski definition) is 4. The molecule has 6 heteroatoms. The second-order valence-electron chi connectivity index (χ2n) is 6.88. The van der Waals surface area contributed by atoms with Gasteiger partial charge in [-0.1, -0.05) is 0 Å². The van der Waals surface area contributed by atoms with E-state index in [-0.39, 0.29) is 17.6 Å². The topological polar surface area (TPSA) is 64.6 Å². The molecule has 114 valence electrons. The lowest BCUT2D eigenvalue weighted by Gasteiger charge is -2.56. The predicted molar refractivity (Wildman–Crippen MR) is 75.5 cm³/mol. The predicted octanol–water partition coefficient (Wildman–Crippen LogP) is 2.56. The summed E-state index contributed by atoms with van der Waals surface area (Å²) in [5.74, 6) is 2.13. The van der Waals surface area contributed by atoms with Gasteiger partial charge in [0.05, 0.1) is 0 Å². The normalized spacial score (nSPS) is 39.0. The second-order valence-corrected chi connectivity index (χ2v) is 9.15. The molecular formula is C14H24NO4P. The van der Waals surface area contributed by atoms with Crippen molar-refractivity contribution in [3.8, 4) is 0 Å². The van der Waals surface area contributed by atoms with E-state index in [1.54, 1.807) is 0 Å². The van der Waals surface area contributed by atoms with Crippen molar-refractivity contribution < 1.29 is 18.4 Å². The zero-order valence-electron chi connectivity index (χ0n) is 12.3. The maximum Gasteiger partial charge on any atom is 0.339 e. The fraction of sp³-hybridized carbons (Fsp3) is 0.929. The maximum atomic E-state index is 12.2. The van der Waals surface area contributed by atoms with Gasteiger partial charge < -0.3 is 14.4 Å². The summed E-state index contributed by atoms with van der Waals surface area (Å²) in [7, 11) is -0.615. The van der Waals surface area contributed by atoms with Crippen LogP contribution in [0.15, 0.2) is 0 Å². The minimum Gasteiger partial charge on any atom is -0.350 e. The molecule has 0 heterocycles. The van der Waals surface area contributed by atoms with Crippen LogP contribution in [-0.4, -0.2) is 31.8 Å². The quantitative estimate of drug-likeness (QED) is 0.793. The highest BCUT2D eigenvalue weighted by atomic mass is 31.2. The largest absolute Gasteiger partial charge is 0.350 e. The van der Waals surface area contributed by atoms with Crippen molar-refractivity contribution in [3.05, 3.63) is 0 Å². The van der Waals surface area contributed by atoms with Crippen molar-refractivity contribution in [2.24, 2.45) is 17.8 Å². The first-order valence-electron chi connectivity index (χ1n) is 7.47. The Labute approximate surface area is 120 Å². The maximum absolute atomic E-state index is 12.2. The van der Waals surface area contributed by atoms with Crippen LogP contribution in [0, 0.1) is 17.8 Å². The molecule has 1 amide bonds. The van der Waals surface area contributed by atoms with Gasteiger partial charge in [0.1, 0.15) is 6.16 Å². The summed E-state index contributed by atoms with van der Waals surface area (Å²) in [4.78, 5) is 12.2. The molecule has 0 aromatic rings. The summed E-state index contributed by atoms with van der Waals surface area (Å²) in [5.41, 5.74) is -0.0435. The van der Waals surface area contributed by atoms with Gasteiger partial charge in [-0.15, -0.1) is 0 Å². The van der Waals surface area contributed by atoms with Gasteiger partial charge in [-0.05, 0) is 56.3 Å². The van der Waals surface area contributed by atoms with E-state index in [1.807, 2.05) is 0 Å². The molecule has 0 spiro atoms. The minimum absolute atomic E-state index is 0.0435. The summed E-state index contributed by atoms with van der Waals surface area (Å²) in [6.45, 7) is 0. The highest BCUT2D eigenvalue weighted by molar-refractivity contribution is 7.54. The van der Waals surface area contributed by atoms with Crippen LogP contribution in [0.2, 0.25) is 0 Å². The fourth-order valence-corrected chi connectivity index (χ4v) is 5.82. The lowest BCUT2D eigenvalue weighted by molar-refractivity contribution is -0.124. The molecular weight excluding hydrogens is 277 g/mol. The standard InChI is InChI=1S/C14H24NO4P/c1-18-20(17,19-2)9-13(16)15-14-6-10-3-11(7-14)5-12(4-10)8-14/h10-12H,3-9H2,1-2H3,(H,15,16). The van der Waals surface area contributed by atoms with E-state index in [1.165, 1.54) is 33.5 Å². The Morgan fingerprint density at radius 3 is 1.95 bits per heavy atom. The second kappa shape index (κ2) is 5.11. The van der Waals surface area contributed by atoms with Crippen LogP contribution in [0.3, 0.4) is 0 Å². The van der Waals surface area contributed by atoms with Crippen LogP contribution >= 0.6 is 7.60 Å². The molecule has 0 saturated heterocycles. The molecule has 4 aliphatic carbocycles. The third kappa shape index (κ3) is 2.68. The van der Waals surface area contributed by atoms with Crippen LogP contribution in [-0.2, 0) is 18.4 Å². The Kier molecular flexibility index (Phi) is 3.72. The van der Waals surface area contributed by atoms with Gasteiger partial charge in [-0.3, -0.25) is 9.36 Å². The van der Waals surface area contributed by atoms with Crippen molar-refractivity contribution in [2.45, 2.75) is 44.1 Å². The van der Waals surface area contributed by atoms with Gasteiger partial charge in [0.15, 0.2) is 0 Å². The van der Waals surface area contributed by atoms with E-state index < -0.39 is 7.60 Å². The third-order valence-electron chi connectivity index (χ3n) is 5.34. The van der Waals surface area contributed by atoms with Crippen LogP contribution in [0.25, 0.3) is 0 Å². The van der Waals surface area contributed by atoms with Crippen molar-refractivity contribution in [1.82, 2.24) is 5.32 Å². The van der Waals surface area contributed by atoms with E-state index in [0.29, 0.717) is 0 Å². The molecule has 0 aromatic carbocycles. The lowest BCUT2D eigenvalue weighted by Crippen LogP contribution is -2.60. The van der Waals surface area contributed by atoms with E-state index in [2.05, 4.69) is 5.32 Å². The lowest BCUT2D eigenvalue weighted by atomic mass is 9.53. The average Bonchev–Trinajstić information content (AvgIpc) is 2.36. The summed E-state index contributed by atoms with van der Waals surface area (Å²) < 4.78 is 21.7. The Morgan fingerprint density at radius 2 is 1.55 bits per heavy atom. The molecule has 4 saturated carbocycles. The van der Waals surface area contributed by atoms with Gasteiger partial charge >= 0.3 is 7.60 Å². The number of amides is 1. The van der Waals surface area contributed by atoms with Crippen molar-refractivity contribution in [1.29, 1.82) is 0 Å². The molecule has 1 N–H and O–H groups in total. The van der Waals surface area contributed by atoms with Gasteiger partial charge in [0.2, 0.25) is 5.91 Å². The molecule has 0 aliphatic heterocycles. The summed E-state index contributed by atoms with van der Waals surface area (Å²) in [6, 6.07) is 0. The van der Waals surface area contributed by atoms with Gasteiger partial charge in [0.25, 0.3) is 0 Å². The van der Waals surface area contributed by atoms with Crippen LogP contribution in [0.5, 0.6) is 0 Å². The van der Waals surface area contributed by atoms with E-state index >= 15 is 0 Å². The highest BCUT2D eigenvalue weighted by Crippen LogP contribution is 2.56. The van der Waals surface area contributed by atoms with Crippen molar-refractivity contribution in [3.63, 3.8) is 0 Å². The number of rotatable bonds is 5. The fourth-order valence-electron chi connectivity index (χ4n) is 4.98. The smallest absolute Gasteiger partial charge is 0.339 e. The van der Waals surface area contributed by atoms with Gasteiger partial charge in [-0.2, -0.15) is 0 Å². The summed E-state index contributed by atoms with van der Waals surface area (Å²) >= 11 is 0. The molecule has 4 bridgehead atoms. The first kappa shape index (κ1) is 14.6. The molecule has 0 unspecified atom stereocenters. The van der Waals surface area contributed by atoms with Crippen molar-refractivity contribution >= 4 is 13.5 Å². The SMILES string of the molecule is COP(=O)(CC(=O)NC12CC3CC(CC(C3)C1)C2)OC. The molecule has 0 aromatic heterocycles. The molecule has 5 nitrogen and oxygen atoms in total. The zero-order chi connectivity index (χ0) is 14.4. The minimum atomic E-state index is -3.26. The average molecular weight is 301 g/mol. The first-order chi connectivity index (χ1) is 9.46. The number of carbonyl (C=O) groups is 1. The highest BCUT2D eigenvalue weighted by Gasteiger charge is 2.51. The summed E-state index contributed by atoms with van der Waals surface area (Å²) in [5, 5.41) is 3.18. The number of carbonyl (C=O) groups excluding carboxylic acids is 1. The van der Waals surface area contributed by atoms with Gasteiger partial charge in [-0.25, -0.2) is 0 Å². The third-order valence-corrected chi connectivity index (χ3v) is 7.12. The Hall–Kier alpha value is -0.380. The van der Waals surface area contributed by atoms with Crippen molar-refractivity contribution in [2.75, 3.05) is 20.4 Å². The molecule has 20 heavy (non-hydrogen) atoms. The van der Waals surface area contributed by atoms with Gasteiger partial charge in [0, 0.05) is 19.8 Å². The molecule has 0 atom stereocenters. The Morgan fingerprint density at radius 1 is 1.10 bits per heavy atom. The van der Waals surface area contributed by atoms with Crippen LogP contribution in [0.4, 0.5) is 0 Å². The first-order valence-corrected chi connectivity index (χ1v) is 9.20. The summed E-state index contributed by atoms with van der Waals surface area (Å²) in [6.07, 6.45) is 7.11. The van der Waals surface area contributed by atoms with Crippen LogP contribution < -0.4 is 5.32 Å². The number of nitrogens with one attached hydrogen (secondary N) is 1. The Bertz CT molecular complexity index is 407. The van der Waals surface area contributed by atoms with E-state index in [4.69, 9.17) is 9.05 Å². The molecule has 4 fully saturated rings. The number of hydrogen-bond donors (Lipinski definition) is 1. The van der Waals surface area contributed by atoms with E-state index in [0.717, 1.165) is 37.0 Å². The zero-order valence-corrected chi connectivity index (χ0v) is 13.2.